The van der Waals surface area contributed by atoms with Crippen LogP contribution in [0.4, 0.5) is 0 Å². The van der Waals surface area contributed by atoms with Crippen molar-refractivity contribution in [2.75, 3.05) is 20.1 Å². The summed E-state index contributed by atoms with van der Waals surface area (Å²) >= 11 is 0. The molecule has 0 saturated carbocycles. The number of rotatable bonds is 7. The van der Waals surface area contributed by atoms with Gasteiger partial charge in [0.15, 0.2) is 0 Å². The minimum atomic E-state index is -3.81. The van der Waals surface area contributed by atoms with E-state index in [9.17, 15) is 18.0 Å². The average molecular weight is 377 g/mol. The Morgan fingerprint density at radius 2 is 1.69 bits per heavy atom. The van der Waals surface area contributed by atoms with Gasteiger partial charge in [-0.2, -0.15) is 4.31 Å². The van der Waals surface area contributed by atoms with Crippen LogP contribution in [-0.2, 0) is 19.6 Å². The van der Waals surface area contributed by atoms with Crippen LogP contribution in [0.15, 0.2) is 47.4 Å². The van der Waals surface area contributed by atoms with E-state index in [1.54, 1.807) is 12.1 Å². The number of nitrogens with one attached hydrogen (secondary N) is 2. The molecule has 0 spiro atoms. The van der Waals surface area contributed by atoms with E-state index >= 15 is 0 Å². The summed E-state index contributed by atoms with van der Waals surface area (Å²) in [6.07, 6.45) is 0. The number of hydrogen-bond acceptors (Lipinski definition) is 4. The molecule has 0 aromatic heterocycles. The van der Waals surface area contributed by atoms with Gasteiger partial charge >= 0.3 is 0 Å². The van der Waals surface area contributed by atoms with E-state index in [0.29, 0.717) is 0 Å². The van der Waals surface area contributed by atoms with Crippen LogP contribution in [0, 0.1) is 0 Å². The molecular formula is C18H23N3O4S. The summed E-state index contributed by atoms with van der Waals surface area (Å²) in [6, 6.07) is 12.2. The van der Waals surface area contributed by atoms with Crippen LogP contribution >= 0.6 is 0 Å². The van der Waals surface area contributed by atoms with E-state index in [1.165, 1.54) is 13.1 Å². The summed E-state index contributed by atoms with van der Waals surface area (Å²) in [4.78, 5) is 23.6. The highest BCUT2D eigenvalue weighted by atomic mass is 32.2. The van der Waals surface area contributed by atoms with Crippen molar-refractivity contribution in [2.24, 2.45) is 0 Å². The lowest BCUT2D eigenvalue weighted by atomic mass is 10.1. The maximum atomic E-state index is 12.7. The van der Waals surface area contributed by atoms with Gasteiger partial charge in [-0.25, -0.2) is 8.42 Å². The number of amides is 2. The summed E-state index contributed by atoms with van der Waals surface area (Å²) in [7, 11) is -2.48. The fourth-order valence-electron chi connectivity index (χ4n) is 2.40. The highest BCUT2D eigenvalue weighted by molar-refractivity contribution is 7.89. The first-order valence-corrected chi connectivity index (χ1v) is 9.65. The maximum Gasteiger partial charge on any atom is 0.243 e. The Balaban J connectivity index is 2.03. The predicted molar refractivity (Wildman–Crippen MR) is 100 cm³/mol. The van der Waals surface area contributed by atoms with Crippen molar-refractivity contribution < 1.29 is 18.0 Å². The van der Waals surface area contributed by atoms with Gasteiger partial charge in [0.25, 0.3) is 0 Å². The van der Waals surface area contributed by atoms with Crippen molar-refractivity contribution in [3.63, 3.8) is 0 Å². The molecule has 0 atom stereocenters. The topological polar surface area (TPSA) is 95.6 Å². The number of carbonyl (C=O) groups is 2. The van der Waals surface area contributed by atoms with Crippen molar-refractivity contribution in [2.45, 2.75) is 24.8 Å². The van der Waals surface area contributed by atoms with Crippen LogP contribution in [0.5, 0.6) is 0 Å². The van der Waals surface area contributed by atoms with Crippen LogP contribution in [0.1, 0.15) is 13.8 Å². The number of hydrogen-bond donors (Lipinski definition) is 2. The Morgan fingerprint density at radius 1 is 1.04 bits per heavy atom. The molecule has 140 valence electrons. The van der Waals surface area contributed by atoms with Crippen LogP contribution in [0.3, 0.4) is 0 Å². The van der Waals surface area contributed by atoms with Gasteiger partial charge in [0.05, 0.1) is 18.0 Å². The van der Waals surface area contributed by atoms with Crippen molar-refractivity contribution in [3.8, 4) is 0 Å². The van der Waals surface area contributed by atoms with Crippen molar-refractivity contribution in [1.29, 1.82) is 0 Å². The van der Waals surface area contributed by atoms with Gasteiger partial charge in [-0.1, -0.05) is 30.3 Å². The van der Waals surface area contributed by atoms with Crippen LogP contribution < -0.4 is 10.6 Å². The molecule has 0 aliphatic heterocycles. The monoisotopic (exact) mass is 377 g/mol. The number of likely N-dealkylation sites (N-methyl/N-ethyl adjacent to an activating group) is 1. The largest absolute Gasteiger partial charge is 0.352 e. The number of carbonyl (C=O) groups excluding carboxylic acids is 2. The van der Waals surface area contributed by atoms with Gasteiger partial charge in [0.1, 0.15) is 0 Å². The van der Waals surface area contributed by atoms with E-state index in [0.717, 1.165) is 15.1 Å². The Morgan fingerprint density at radius 3 is 2.35 bits per heavy atom. The van der Waals surface area contributed by atoms with Crippen molar-refractivity contribution in [3.05, 3.63) is 42.5 Å². The molecule has 2 rings (SSSR count). The molecule has 26 heavy (non-hydrogen) atoms. The minimum Gasteiger partial charge on any atom is -0.352 e. The molecule has 0 bridgehead atoms. The number of sulfonamides is 1. The van der Waals surface area contributed by atoms with E-state index < -0.39 is 15.9 Å². The molecule has 0 saturated heterocycles. The quantitative estimate of drug-likeness (QED) is 0.755. The molecule has 2 aromatic carbocycles. The highest BCUT2D eigenvalue weighted by Gasteiger charge is 2.23. The lowest BCUT2D eigenvalue weighted by molar-refractivity contribution is -0.126. The molecular weight excluding hydrogens is 354 g/mol. The summed E-state index contributed by atoms with van der Waals surface area (Å²) in [6.45, 7) is 3.05. The van der Waals surface area contributed by atoms with Crippen molar-refractivity contribution >= 4 is 32.6 Å². The second-order valence-corrected chi connectivity index (χ2v) is 8.31. The van der Waals surface area contributed by atoms with E-state index in [-0.39, 0.29) is 29.9 Å². The summed E-state index contributed by atoms with van der Waals surface area (Å²) in [5.74, 6) is -0.871. The minimum absolute atomic E-state index is 0.0321. The van der Waals surface area contributed by atoms with E-state index in [1.807, 2.05) is 38.1 Å². The third-order valence-corrected chi connectivity index (χ3v) is 5.49. The lowest BCUT2D eigenvalue weighted by Gasteiger charge is -2.17. The standard InChI is InChI=1S/C18H23N3O4S/c1-13(2)20-17(22)11-19-18(23)12-21(3)26(24,25)16-9-8-14-6-4-5-7-15(14)10-16/h4-10,13H,11-12H2,1-3H3,(H,19,23)(H,20,22). The van der Waals surface area contributed by atoms with Crippen LogP contribution in [0.2, 0.25) is 0 Å². The molecule has 2 aromatic rings. The SMILES string of the molecule is CC(C)NC(=O)CNC(=O)CN(C)S(=O)(=O)c1ccc2ccccc2c1. The zero-order valence-corrected chi connectivity index (χ0v) is 15.8. The Kier molecular flexibility index (Phi) is 6.33. The zero-order valence-electron chi connectivity index (χ0n) is 15.0. The smallest absolute Gasteiger partial charge is 0.243 e. The van der Waals surface area contributed by atoms with Gasteiger partial charge in [0, 0.05) is 13.1 Å². The van der Waals surface area contributed by atoms with Gasteiger partial charge in [-0.05, 0) is 36.8 Å². The van der Waals surface area contributed by atoms with Crippen LogP contribution in [-0.4, -0.2) is 50.7 Å². The number of fused-ring (bicyclic) bond motifs is 1. The highest BCUT2D eigenvalue weighted by Crippen LogP contribution is 2.21. The van der Waals surface area contributed by atoms with Gasteiger partial charge < -0.3 is 10.6 Å². The van der Waals surface area contributed by atoms with Gasteiger partial charge in [-0.15, -0.1) is 0 Å². The second-order valence-electron chi connectivity index (χ2n) is 6.27. The second kappa shape index (κ2) is 8.29. The normalized spacial score (nSPS) is 11.7. The summed E-state index contributed by atoms with van der Waals surface area (Å²) in [5, 5.41) is 6.79. The lowest BCUT2D eigenvalue weighted by Crippen LogP contribution is -2.43. The molecule has 0 aliphatic rings. The average Bonchev–Trinajstić information content (AvgIpc) is 2.58. The molecule has 0 aliphatic carbocycles. The molecule has 0 radical (unpaired) electrons. The Hall–Kier alpha value is -2.45. The third kappa shape index (κ3) is 5.03. The number of nitrogens with zero attached hydrogens (tertiary/aromatic N) is 1. The first-order chi connectivity index (χ1) is 12.2. The molecule has 0 heterocycles. The van der Waals surface area contributed by atoms with Gasteiger partial charge in [-0.3, -0.25) is 9.59 Å². The van der Waals surface area contributed by atoms with Crippen LogP contribution in [0.25, 0.3) is 10.8 Å². The van der Waals surface area contributed by atoms with E-state index in [4.69, 9.17) is 0 Å². The first kappa shape index (κ1) is 19.9. The van der Waals surface area contributed by atoms with Crippen molar-refractivity contribution in [1.82, 2.24) is 14.9 Å². The molecule has 0 unspecified atom stereocenters. The molecule has 2 amide bonds. The predicted octanol–water partition coefficient (Wildman–Crippen LogP) is 1.10. The molecule has 7 nitrogen and oxygen atoms in total. The van der Waals surface area contributed by atoms with Gasteiger partial charge in [0.2, 0.25) is 21.8 Å². The molecule has 0 fully saturated rings. The maximum absolute atomic E-state index is 12.7. The zero-order chi connectivity index (χ0) is 19.3. The Bertz CT molecular complexity index is 910. The summed E-state index contributed by atoms with van der Waals surface area (Å²) in [5.41, 5.74) is 0. The fourth-order valence-corrected chi connectivity index (χ4v) is 3.57. The number of benzene rings is 2. The fraction of sp³-hybridized carbons (Fsp3) is 0.333. The molecule has 8 heteroatoms. The first-order valence-electron chi connectivity index (χ1n) is 8.21. The molecule has 2 N–H and O–H groups in total. The Labute approximate surface area is 153 Å². The summed E-state index contributed by atoms with van der Waals surface area (Å²) < 4.78 is 26.3. The third-order valence-electron chi connectivity index (χ3n) is 3.69. The van der Waals surface area contributed by atoms with E-state index in [2.05, 4.69) is 10.6 Å².